The average Bonchev–Trinajstić information content (AvgIpc) is 2.81. The molecule has 0 aliphatic heterocycles. The Hall–Kier alpha value is -1.79. The number of benzene rings is 1. The SMILES string of the molecule is COC(=O)c1ccc(NCc2cnc(Cl)s2)cc1O. The van der Waals surface area contributed by atoms with Crippen molar-refractivity contribution in [2.24, 2.45) is 0 Å². The van der Waals surface area contributed by atoms with Gasteiger partial charge >= 0.3 is 5.97 Å². The summed E-state index contributed by atoms with van der Waals surface area (Å²) in [4.78, 5) is 16.2. The monoisotopic (exact) mass is 298 g/mol. The van der Waals surface area contributed by atoms with E-state index in [1.807, 2.05) is 0 Å². The largest absolute Gasteiger partial charge is 0.507 e. The van der Waals surface area contributed by atoms with Gasteiger partial charge in [0.1, 0.15) is 11.3 Å². The number of hydrogen-bond acceptors (Lipinski definition) is 6. The van der Waals surface area contributed by atoms with Crippen molar-refractivity contribution >= 4 is 34.6 Å². The number of rotatable bonds is 4. The van der Waals surface area contributed by atoms with E-state index in [9.17, 15) is 9.90 Å². The molecule has 0 saturated heterocycles. The van der Waals surface area contributed by atoms with Crippen molar-refractivity contribution < 1.29 is 14.6 Å². The number of thiazole rings is 1. The zero-order chi connectivity index (χ0) is 13.8. The van der Waals surface area contributed by atoms with Gasteiger partial charge in [0.15, 0.2) is 4.47 Å². The number of hydrogen-bond donors (Lipinski definition) is 2. The lowest BCUT2D eigenvalue weighted by molar-refractivity contribution is 0.0597. The third kappa shape index (κ3) is 3.36. The highest BCUT2D eigenvalue weighted by molar-refractivity contribution is 7.15. The predicted octanol–water partition coefficient (Wildman–Crippen LogP) is 2.90. The van der Waals surface area contributed by atoms with Gasteiger partial charge in [0, 0.05) is 22.8 Å². The number of halogens is 1. The summed E-state index contributed by atoms with van der Waals surface area (Å²) in [7, 11) is 1.27. The molecule has 0 aliphatic carbocycles. The zero-order valence-electron chi connectivity index (χ0n) is 10.0. The molecule has 5 nitrogen and oxygen atoms in total. The van der Waals surface area contributed by atoms with Gasteiger partial charge in [-0.15, -0.1) is 11.3 Å². The summed E-state index contributed by atoms with van der Waals surface area (Å²) in [6.45, 7) is 0.543. The van der Waals surface area contributed by atoms with Gasteiger partial charge in [-0.25, -0.2) is 9.78 Å². The molecule has 0 fully saturated rings. The summed E-state index contributed by atoms with van der Waals surface area (Å²) in [5.74, 6) is -0.697. The quantitative estimate of drug-likeness (QED) is 0.849. The molecule has 1 aromatic carbocycles. The first-order valence-corrected chi connectivity index (χ1v) is 6.55. The third-order valence-corrected chi connectivity index (χ3v) is 3.51. The van der Waals surface area contributed by atoms with Crippen molar-refractivity contribution in [3.05, 3.63) is 39.3 Å². The molecule has 0 spiro atoms. The number of aromatic hydroxyl groups is 1. The van der Waals surface area contributed by atoms with Gasteiger partial charge in [-0.05, 0) is 12.1 Å². The smallest absolute Gasteiger partial charge is 0.341 e. The Bertz CT molecular complexity index is 600. The zero-order valence-corrected chi connectivity index (χ0v) is 11.6. The molecule has 0 radical (unpaired) electrons. The Balaban J connectivity index is 2.06. The number of carbonyl (C=O) groups is 1. The summed E-state index contributed by atoms with van der Waals surface area (Å²) >= 11 is 7.11. The molecule has 0 aliphatic rings. The molecule has 1 heterocycles. The van der Waals surface area contributed by atoms with E-state index < -0.39 is 5.97 Å². The van der Waals surface area contributed by atoms with Gasteiger partial charge in [-0.1, -0.05) is 11.6 Å². The van der Waals surface area contributed by atoms with Crippen molar-refractivity contribution in [2.45, 2.75) is 6.54 Å². The molecule has 2 rings (SSSR count). The molecule has 0 amide bonds. The van der Waals surface area contributed by atoms with Crippen molar-refractivity contribution in [2.75, 3.05) is 12.4 Å². The van der Waals surface area contributed by atoms with Gasteiger partial charge in [0.25, 0.3) is 0 Å². The fourth-order valence-electron chi connectivity index (χ4n) is 1.48. The van der Waals surface area contributed by atoms with Crippen LogP contribution < -0.4 is 5.32 Å². The minimum Gasteiger partial charge on any atom is -0.507 e. The van der Waals surface area contributed by atoms with E-state index in [0.29, 0.717) is 16.7 Å². The molecule has 2 aromatic rings. The van der Waals surface area contributed by atoms with E-state index in [-0.39, 0.29) is 11.3 Å². The Kier molecular flexibility index (Phi) is 4.24. The van der Waals surface area contributed by atoms with E-state index in [0.717, 1.165) is 4.88 Å². The first-order valence-electron chi connectivity index (χ1n) is 5.35. The van der Waals surface area contributed by atoms with Crippen LogP contribution in [0.4, 0.5) is 5.69 Å². The highest BCUT2D eigenvalue weighted by Gasteiger charge is 2.11. The van der Waals surface area contributed by atoms with Crippen LogP contribution in [-0.4, -0.2) is 23.2 Å². The lowest BCUT2D eigenvalue weighted by Crippen LogP contribution is -2.03. The molecule has 1 aromatic heterocycles. The van der Waals surface area contributed by atoms with E-state index in [1.165, 1.54) is 30.6 Å². The van der Waals surface area contributed by atoms with E-state index in [2.05, 4.69) is 15.0 Å². The van der Waals surface area contributed by atoms with Crippen molar-refractivity contribution in [1.29, 1.82) is 0 Å². The fourth-order valence-corrected chi connectivity index (χ4v) is 2.40. The second-order valence-electron chi connectivity index (χ2n) is 3.66. The number of phenolic OH excluding ortho intramolecular Hbond substituents is 1. The summed E-state index contributed by atoms with van der Waals surface area (Å²) in [5.41, 5.74) is 0.823. The Morgan fingerprint density at radius 1 is 1.58 bits per heavy atom. The molecule has 0 saturated carbocycles. The average molecular weight is 299 g/mol. The maximum atomic E-state index is 11.3. The molecular formula is C12H11ClN2O3S. The van der Waals surface area contributed by atoms with Crippen molar-refractivity contribution in [1.82, 2.24) is 4.98 Å². The Labute approximate surface area is 118 Å². The van der Waals surface area contributed by atoms with E-state index in [4.69, 9.17) is 11.6 Å². The molecule has 2 N–H and O–H groups in total. The Morgan fingerprint density at radius 3 is 2.95 bits per heavy atom. The molecule has 100 valence electrons. The van der Waals surface area contributed by atoms with Gasteiger partial charge in [-0.3, -0.25) is 0 Å². The van der Waals surface area contributed by atoms with Crippen LogP contribution in [0.2, 0.25) is 4.47 Å². The maximum absolute atomic E-state index is 11.3. The number of ether oxygens (including phenoxy) is 1. The van der Waals surface area contributed by atoms with Crippen LogP contribution in [0.5, 0.6) is 5.75 Å². The number of methoxy groups -OCH3 is 1. The Morgan fingerprint density at radius 2 is 2.37 bits per heavy atom. The van der Waals surface area contributed by atoms with Gasteiger partial charge in [0.05, 0.1) is 13.7 Å². The van der Waals surface area contributed by atoms with Crippen LogP contribution in [-0.2, 0) is 11.3 Å². The topological polar surface area (TPSA) is 71.5 Å². The first-order chi connectivity index (χ1) is 9.10. The summed E-state index contributed by atoms with van der Waals surface area (Å²) in [5, 5.41) is 12.8. The highest BCUT2D eigenvalue weighted by Crippen LogP contribution is 2.24. The van der Waals surface area contributed by atoms with Crippen LogP contribution in [0.15, 0.2) is 24.4 Å². The molecule has 0 bridgehead atoms. The van der Waals surface area contributed by atoms with Gasteiger partial charge in [-0.2, -0.15) is 0 Å². The molecular weight excluding hydrogens is 288 g/mol. The number of anilines is 1. The van der Waals surface area contributed by atoms with Crippen LogP contribution >= 0.6 is 22.9 Å². The summed E-state index contributed by atoms with van der Waals surface area (Å²) in [6, 6.07) is 4.66. The number of carbonyl (C=O) groups excluding carboxylic acids is 1. The lowest BCUT2D eigenvalue weighted by Gasteiger charge is -2.07. The van der Waals surface area contributed by atoms with Crippen LogP contribution in [0.25, 0.3) is 0 Å². The number of nitrogens with one attached hydrogen (secondary N) is 1. The predicted molar refractivity (Wildman–Crippen MR) is 73.9 cm³/mol. The maximum Gasteiger partial charge on any atom is 0.341 e. The summed E-state index contributed by atoms with van der Waals surface area (Å²) in [6.07, 6.45) is 1.68. The first kappa shape index (κ1) is 13.6. The summed E-state index contributed by atoms with van der Waals surface area (Å²) < 4.78 is 5.04. The fraction of sp³-hybridized carbons (Fsp3) is 0.167. The van der Waals surface area contributed by atoms with Gasteiger partial charge in [0.2, 0.25) is 0 Å². The second-order valence-corrected chi connectivity index (χ2v) is 5.35. The number of nitrogens with zero attached hydrogens (tertiary/aromatic N) is 1. The van der Waals surface area contributed by atoms with Crippen LogP contribution in [0, 0.1) is 0 Å². The number of aromatic nitrogens is 1. The molecule has 0 unspecified atom stereocenters. The van der Waals surface area contributed by atoms with E-state index >= 15 is 0 Å². The number of esters is 1. The minimum atomic E-state index is -0.571. The third-order valence-electron chi connectivity index (χ3n) is 2.40. The normalized spacial score (nSPS) is 10.2. The standard InChI is InChI=1S/C12H11ClN2O3S/c1-18-11(17)9-3-2-7(4-10(9)16)14-5-8-6-15-12(13)19-8/h2-4,6,14,16H,5H2,1H3. The molecule has 7 heteroatoms. The lowest BCUT2D eigenvalue weighted by atomic mass is 10.2. The van der Waals surface area contributed by atoms with Crippen molar-refractivity contribution in [3.8, 4) is 5.75 Å². The van der Waals surface area contributed by atoms with Crippen LogP contribution in [0.1, 0.15) is 15.2 Å². The highest BCUT2D eigenvalue weighted by atomic mass is 35.5. The van der Waals surface area contributed by atoms with Gasteiger partial charge < -0.3 is 15.2 Å². The number of phenols is 1. The molecule has 19 heavy (non-hydrogen) atoms. The second kappa shape index (κ2) is 5.90. The minimum absolute atomic E-state index is 0.126. The van der Waals surface area contributed by atoms with E-state index in [1.54, 1.807) is 12.3 Å². The van der Waals surface area contributed by atoms with Crippen molar-refractivity contribution in [3.63, 3.8) is 0 Å². The van der Waals surface area contributed by atoms with Crippen LogP contribution in [0.3, 0.4) is 0 Å². The molecule has 0 atom stereocenters.